The third kappa shape index (κ3) is 5.33. The first-order valence-corrected chi connectivity index (χ1v) is 9.58. The van der Waals surface area contributed by atoms with Gasteiger partial charge < -0.3 is 15.5 Å². The molecule has 0 aromatic heterocycles. The average Bonchev–Trinajstić information content (AvgIpc) is 2.73. The van der Waals surface area contributed by atoms with Crippen LogP contribution >= 0.6 is 11.6 Å². The molecular formula is C21H22ClN3O3. The smallest absolute Gasteiger partial charge is 0.251 e. The molecule has 1 heterocycles. The van der Waals surface area contributed by atoms with Gasteiger partial charge in [-0.25, -0.2) is 0 Å². The number of hydrogen-bond donors (Lipinski definition) is 2. The number of halogens is 1. The number of nitrogens with one attached hydrogen (secondary N) is 2. The molecule has 0 saturated carbocycles. The summed E-state index contributed by atoms with van der Waals surface area (Å²) in [5.41, 5.74) is 1.05. The van der Waals surface area contributed by atoms with Crippen molar-refractivity contribution in [3.8, 4) is 0 Å². The zero-order chi connectivity index (χ0) is 19.9. The maximum Gasteiger partial charge on any atom is 0.251 e. The lowest BCUT2D eigenvalue weighted by molar-refractivity contribution is -0.131. The van der Waals surface area contributed by atoms with Gasteiger partial charge in [0.05, 0.1) is 6.54 Å². The highest BCUT2D eigenvalue weighted by atomic mass is 35.5. The van der Waals surface area contributed by atoms with Crippen molar-refractivity contribution in [3.63, 3.8) is 0 Å². The number of amides is 3. The minimum atomic E-state index is -0.333. The Kier molecular flexibility index (Phi) is 6.66. The maximum atomic E-state index is 12.3. The van der Waals surface area contributed by atoms with Gasteiger partial charge in [-0.3, -0.25) is 14.4 Å². The van der Waals surface area contributed by atoms with Crippen LogP contribution in [0.4, 0.5) is 0 Å². The van der Waals surface area contributed by atoms with Crippen LogP contribution in [0, 0.1) is 0 Å². The molecule has 146 valence electrons. The van der Waals surface area contributed by atoms with E-state index in [2.05, 4.69) is 10.6 Å². The summed E-state index contributed by atoms with van der Waals surface area (Å²) in [6.45, 7) is 1.03. The quantitative estimate of drug-likeness (QED) is 0.810. The van der Waals surface area contributed by atoms with Gasteiger partial charge in [-0.1, -0.05) is 35.9 Å². The van der Waals surface area contributed by atoms with Crippen molar-refractivity contribution in [1.82, 2.24) is 15.5 Å². The highest BCUT2D eigenvalue weighted by molar-refractivity contribution is 6.31. The number of benzene rings is 2. The Morgan fingerprint density at radius 1 is 0.929 bits per heavy atom. The molecule has 1 saturated heterocycles. The van der Waals surface area contributed by atoms with Gasteiger partial charge in [0.25, 0.3) is 11.8 Å². The predicted octanol–water partition coefficient (Wildman–Crippen LogP) is 2.49. The van der Waals surface area contributed by atoms with Crippen molar-refractivity contribution in [1.29, 1.82) is 0 Å². The van der Waals surface area contributed by atoms with E-state index in [4.69, 9.17) is 11.6 Å². The fourth-order valence-corrected chi connectivity index (χ4v) is 3.32. The first-order chi connectivity index (χ1) is 13.5. The number of likely N-dealkylation sites (tertiary alicyclic amines) is 1. The summed E-state index contributed by atoms with van der Waals surface area (Å²) in [7, 11) is 0. The summed E-state index contributed by atoms with van der Waals surface area (Å²) in [5.74, 6) is -0.566. The van der Waals surface area contributed by atoms with Crippen LogP contribution in [0.25, 0.3) is 0 Å². The molecule has 2 aromatic carbocycles. The third-order valence-electron chi connectivity index (χ3n) is 4.71. The first-order valence-electron chi connectivity index (χ1n) is 9.20. The zero-order valence-corrected chi connectivity index (χ0v) is 16.1. The number of nitrogens with zero attached hydrogens (tertiary/aromatic N) is 1. The van der Waals surface area contributed by atoms with Gasteiger partial charge in [0.15, 0.2) is 0 Å². The monoisotopic (exact) mass is 399 g/mol. The molecule has 1 aliphatic heterocycles. The number of hydrogen-bond acceptors (Lipinski definition) is 3. The van der Waals surface area contributed by atoms with Crippen LogP contribution < -0.4 is 10.6 Å². The van der Waals surface area contributed by atoms with Gasteiger partial charge in [-0.2, -0.15) is 0 Å². The second-order valence-corrected chi connectivity index (χ2v) is 7.12. The first kappa shape index (κ1) is 19.9. The molecule has 3 amide bonds. The summed E-state index contributed by atoms with van der Waals surface area (Å²) in [5, 5.41) is 6.11. The summed E-state index contributed by atoms with van der Waals surface area (Å²) < 4.78 is 0. The van der Waals surface area contributed by atoms with Gasteiger partial charge in [-0.05, 0) is 43.2 Å². The van der Waals surface area contributed by atoms with Gasteiger partial charge in [-0.15, -0.1) is 0 Å². The average molecular weight is 400 g/mol. The second kappa shape index (κ2) is 9.37. The van der Waals surface area contributed by atoms with E-state index in [0.29, 0.717) is 42.1 Å². The lowest BCUT2D eigenvalue weighted by atomic mass is 10.0. The molecule has 7 heteroatoms. The fourth-order valence-electron chi connectivity index (χ4n) is 3.13. The Balaban J connectivity index is 1.42. The molecule has 1 fully saturated rings. The molecule has 28 heavy (non-hydrogen) atoms. The van der Waals surface area contributed by atoms with Crippen LogP contribution in [-0.4, -0.2) is 48.3 Å². The Morgan fingerprint density at radius 2 is 1.61 bits per heavy atom. The Labute approximate surface area is 168 Å². The van der Waals surface area contributed by atoms with Crippen LogP contribution in [0.3, 0.4) is 0 Å². The second-order valence-electron chi connectivity index (χ2n) is 6.69. The van der Waals surface area contributed by atoms with E-state index in [0.717, 1.165) is 0 Å². The topological polar surface area (TPSA) is 78.5 Å². The van der Waals surface area contributed by atoms with Crippen molar-refractivity contribution >= 4 is 29.3 Å². The molecule has 2 aromatic rings. The Bertz CT molecular complexity index is 849. The molecule has 3 rings (SSSR count). The van der Waals surface area contributed by atoms with E-state index in [1.165, 1.54) is 0 Å². The van der Waals surface area contributed by atoms with E-state index < -0.39 is 0 Å². The molecular weight excluding hydrogens is 378 g/mol. The van der Waals surface area contributed by atoms with E-state index >= 15 is 0 Å². The van der Waals surface area contributed by atoms with Crippen molar-refractivity contribution in [2.24, 2.45) is 0 Å². The van der Waals surface area contributed by atoms with Gasteiger partial charge in [0, 0.05) is 35.3 Å². The lowest BCUT2D eigenvalue weighted by Crippen LogP contribution is -2.49. The summed E-state index contributed by atoms with van der Waals surface area (Å²) in [6, 6.07) is 15.7. The zero-order valence-electron chi connectivity index (χ0n) is 15.4. The minimum absolute atomic E-state index is 0.0396. The van der Waals surface area contributed by atoms with Crippen molar-refractivity contribution < 1.29 is 14.4 Å². The molecule has 2 N–H and O–H groups in total. The van der Waals surface area contributed by atoms with Gasteiger partial charge in [0.1, 0.15) is 0 Å². The Morgan fingerprint density at radius 3 is 2.29 bits per heavy atom. The van der Waals surface area contributed by atoms with Crippen molar-refractivity contribution in [2.75, 3.05) is 19.6 Å². The minimum Gasteiger partial charge on any atom is -0.349 e. The largest absolute Gasteiger partial charge is 0.349 e. The summed E-state index contributed by atoms with van der Waals surface area (Å²) >= 11 is 5.88. The van der Waals surface area contributed by atoms with Crippen LogP contribution in [0.1, 0.15) is 33.6 Å². The van der Waals surface area contributed by atoms with Crippen LogP contribution in [0.2, 0.25) is 5.02 Å². The van der Waals surface area contributed by atoms with E-state index in [1.54, 1.807) is 41.3 Å². The highest BCUT2D eigenvalue weighted by Gasteiger charge is 2.24. The maximum absolute atomic E-state index is 12.3. The van der Waals surface area contributed by atoms with Crippen LogP contribution in [-0.2, 0) is 4.79 Å². The molecule has 6 nitrogen and oxygen atoms in total. The molecule has 0 atom stereocenters. The molecule has 0 radical (unpaired) electrons. The summed E-state index contributed by atoms with van der Waals surface area (Å²) in [6.07, 6.45) is 1.37. The van der Waals surface area contributed by atoms with E-state index in [1.807, 2.05) is 18.2 Å². The molecule has 0 unspecified atom stereocenters. The predicted molar refractivity (Wildman–Crippen MR) is 107 cm³/mol. The van der Waals surface area contributed by atoms with E-state index in [9.17, 15) is 14.4 Å². The lowest BCUT2D eigenvalue weighted by Gasteiger charge is -2.32. The SMILES string of the molecule is O=C(NCC(=O)N1CCC(NC(=O)c2ccccc2)CC1)c1cccc(Cl)c1. The Hall–Kier alpha value is -2.86. The van der Waals surface area contributed by atoms with E-state index in [-0.39, 0.29) is 30.3 Å². The number of rotatable bonds is 5. The van der Waals surface area contributed by atoms with Gasteiger partial charge >= 0.3 is 0 Å². The number of piperidine rings is 1. The van der Waals surface area contributed by atoms with Gasteiger partial charge in [0.2, 0.25) is 5.91 Å². The molecule has 1 aliphatic rings. The third-order valence-corrected chi connectivity index (χ3v) is 4.94. The highest BCUT2D eigenvalue weighted by Crippen LogP contribution is 2.12. The molecule has 0 spiro atoms. The number of carbonyl (C=O) groups is 3. The normalized spacial score (nSPS) is 14.4. The molecule has 0 aliphatic carbocycles. The summed E-state index contributed by atoms with van der Waals surface area (Å²) in [4.78, 5) is 38.4. The standard InChI is InChI=1S/C21H22ClN3O3/c22-17-8-4-7-16(13-17)20(27)23-14-19(26)25-11-9-18(10-12-25)24-21(28)15-5-2-1-3-6-15/h1-8,13,18H,9-12,14H2,(H,23,27)(H,24,28). The van der Waals surface area contributed by atoms with Crippen molar-refractivity contribution in [3.05, 3.63) is 70.7 Å². The van der Waals surface area contributed by atoms with Crippen molar-refractivity contribution in [2.45, 2.75) is 18.9 Å². The molecule has 0 bridgehead atoms. The number of carbonyl (C=O) groups excluding carboxylic acids is 3. The fraction of sp³-hybridized carbons (Fsp3) is 0.286. The van der Waals surface area contributed by atoms with Crippen LogP contribution in [0.5, 0.6) is 0 Å². The van der Waals surface area contributed by atoms with Crippen LogP contribution in [0.15, 0.2) is 54.6 Å².